The largest absolute Gasteiger partial charge is 0.493 e. The summed E-state index contributed by atoms with van der Waals surface area (Å²) in [6, 6.07) is 3.38. The molecule has 0 fully saturated rings. The maximum absolute atomic E-state index is 9.10. The first-order chi connectivity index (χ1) is 8.26. The highest BCUT2D eigenvalue weighted by Crippen LogP contribution is 2.38. The molecular formula is C12H18O5. The van der Waals surface area contributed by atoms with Crippen LogP contribution in [0.3, 0.4) is 0 Å². The molecular weight excluding hydrogens is 224 g/mol. The van der Waals surface area contributed by atoms with Gasteiger partial charge in [0.05, 0.1) is 27.4 Å². The third-order valence-electron chi connectivity index (χ3n) is 2.25. The number of methoxy groups -OCH3 is 2. The first-order valence-corrected chi connectivity index (χ1v) is 5.36. The maximum atomic E-state index is 9.10. The summed E-state index contributed by atoms with van der Waals surface area (Å²) < 4.78 is 15.9. The second-order valence-electron chi connectivity index (χ2n) is 3.41. The van der Waals surface area contributed by atoms with Crippen molar-refractivity contribution >= 4 is 0 Å². The van der Waals surface area contributed by atoms with E-state index in [9.17, 15) is 0 Å². The molecule has 1 aromatic carbocycles. The third kappa shape index (κ3) is 3.51. The fraction of sp³-hybridized carbons (Fsp3) is 0.500. The molecule has 0 aromatic heterocycles. The number of hydrogen-bond donors (Lipinski definition) is 2. The predicted molar refractivity (Wildman–Crippen MR) is 62.7 cm³/mol. The molecule has 0 heterocycles. The van der Waals surface area contributed by atoms with Gasteiger partial charge in [0.15, 0.2) is 11.5 Å². The maximum Gasteiger partial charge on any atom is 0.203 e. The molecule has 0 spiro atoms. The molecule has 0 saturated carbocycles. The van der Waals surface area contributed by atoms with E-state index < -0.39 is 0 Å². The van der Waals surface area contributed by atoms with Gasteiger partial charge in [-0.25, -0.2) is 0 Å². The Morgan fingerprint density at radius 1 is 1.06 bits per heavy atom. The number of aliphatic hydroxyl groups excluding tert-OH is 2. The molecule has 5 heteroatoms. The van der Waals surface area contributed by atoms with E-state index >= 15 is 0 Å². The van der Waals surface area contributed by atoms with Gasteiger partial charge in [-0.2, -0.15) is 0 Å². The van der Waals surface area contributed by atoms with Gasteiger partial charge in [0.2, 0.25) is 5.75 Å². The van der Waals surface area contributed by atoms with Crippen LogP contribution in [-0.2, 0) is 6.61 Å². The van der Waals surface area contributed by atoms with Gasteiger partial charge in [-0.1, -0.05) is 0 Å². The molecule has 0 bridgehead atoms. The zero-order chi connectivity index (χ0) is 12.7. The second-order valence-corrected chi connectivity index (χ2v) is 3.41. The molecule has 2 N–H and O–H groups in total. The van der Waals surface area contributed by atoms with Gasteiger partial charge in [-0.3, -0.25) is 0 Å². The number of hydrogen-bond acceptors (Lipinski definition) is 5. The van der Waals surface area contributed by atoms with E-state index in [1.807, 2.05) is 0 Å². The lowest BCUT2D eigenvalue weighted by Gasteiger charge is -2.15. The fourth-order valence-corrected chi connectivity index (χ4v) is 1.41. The predicted octanol–water partition coefficient (Wildman–Crippen LogP) is 0.957. The summed E-state index contributed by atoms with van der Waals surface area (Å²) in [5.74, 6) is 1.50. The van der Waals surface area contributed by atoms with Gasteiger partial charge >= 0.3 is 0 Å². The molecule has 0 atom stereocenters. The van der Waals surface area contributed by atoms with Crippen LogP contribution in [0.25, 0.3) is 0 Å². The van der Waals surface area contributed by atoms with Crippen LogP contribution in [-0.4, -0.2) is 37.6 Å². The Morgan fingerprint density at radius 3 is 2.06 bits per heavy atom. The first-order valence-electron chi connectivity index (χ1n) is 5.36. The van der Waals surface area contributed by atoms with Crippen LogP contribution >= 0.6 is 0 Å². The van der Waals surface area contributed by atoms with E-state index in [2.05, 4.69) is 0 Å². The number of benzene rings is 1. The zero-order valence-electron chi connectivity index (χ0n) is 10.1. The fourth-order valence-electron chi connectivity index (χ4n) is 1.41. The molecule has 17 heavy (non-hydrogen) atoms. The topological polar surface area (TPSA) is 68.2 Å². The molecule has 5 nitrogen and oxygen atoms in total. The number of rotatable bonds is 7. The van der Waals surface area contributed by atoms with Crippen molar-refractivity contribution in [2.45, 2.75) is 13.0 Å². The van der Waals surface area contributed by atoms with E-state index in [1.54, 1.807) is 12.1 Å². The number of aliphatic hydroxyl groups is 2. The Bertz CT molecular complexity index is 326. The summed E-state index contributed by atoms with van der Waals surface area (Å²) in [5.41, 5.74) is 0.688. The molecule has 1 aromatic rings. The van der Waals surface area contributed by atoms with Crippen molar-refractivity contribution in [2.24, 2.45) is 0 Å². The monoisotopic (exact) mass is 242 g/mol. The third-order valence-corrected chi connectivity index (χ3v) is 2.25. The Kier molecular flexibility index (Phi) is 5.59. The SMILES string of the molecule is COc1cc(CO)cc(OC)c1OCCCO. The lowest BCUT2D eigenvalue weighted by atomic mass is 10.2. The lowest BCUT2D eigenvalue weighted by Crippen LogP contribution is -2.03. The molecule has 0 aliphatic rings. The van der Waals surface area contributed by atoms with Gasteiger partial charge in [-0.05, 0) is 17.7 Å². The average Bonchev–Trinajstić information content (AvgIpc) is 2.38. The highest BCUT2D eigenvalue weighted by molar-refractivity contribution is 5.53. The molecule has 0 aliphatic carbocycles. The van der Waals surface area contributed by atoms with Crippen molar-refractivity contribution in [1.82, 2.24) is 0 Å². The summed E-state index contributed by atoms with van der Waals surface area (Å²) in [4.78, 5) is 0. The van der Waals surface area contributed by atoms with E-state index in [4.69, 9.17) is 24.4 Å². The Balaban J connectivity index is 2.98. The highest BCUT2D eigenvalue weighted by atomic mass is 16.5. The summed E-state index contributed by atoms with van der Waals surface area (Å²) >= 11 is 0. The minimum Gasteiger partial charge on any atom is -0.493 e. The normalized spacial score (nSPS) is 10.1. The van der Waals surface area contributed by atoms with Gasteiger partial charge in [-0.15, -0.1) is 0 Å². The highest BCUT2D eigenvalue weighted by Gasteiger charge is 2.13. The molecule has 0 aliphatic heterocycles. The van der Waals surface area contributed by atoms with Crippen molar-refractivity contribution < 1.29 is 24.4 Å². The van der Waals surface area contributed by atoms with Crippen molar-refractivity contribution in [3.8, 4) is 17.2 Å². The van der Waals surface area contributed by atoms with E-state index in [0.29, 0.717) is 35.8 Å². The van der Waals surface area contributed by atoms with E-state index in [0.717, 1.165) is 0 Å². The van der Waals surface area contributed by atoms with Crippen molar-refractivity contribution in [2.75, 3.05) is 27.4 Å². The van der Waals surface area contributed by atoms with Crippen molar-refractivity contribution in [3.05, 3.63) is 17.7 Å². The molecule has 0 unspecified atom stereocenters. The van der Waals surface area contributed by atoms with Crippen molar-refractivity contribution in [1.29, 1.82) is 0 Å². The molecule has 96 valence electrons. The minimum atomic E-state index is -0.0936. The lowest BCUT2D eigenvalue weighted by molar-refractivity contribution is 0.221. The van der Waals surface area contributed by atoms with Crippen LogP contribution in [0.15, 0.2) is 12.1 Å². The summed E-state index contributed by atoms with van der Waals surface area (Å²) in [6.45, 7) is 0.352. The van der Waals surface area contributed by atoms with E-state index in [-0.39, 0.29) is 13.2 Å². The molecule has 0 saturated heterocycles. The molecule has 0 radical (unpaired) electrons. The van der Waals surface area contributed by atoms with Crippen LogP contribution in [0.2, 0.25) is 0 Å². The Labute approximate surface area is 101 Å². The van der Waals surface area contributed by atoms with Gasteiger partial charge < -0.3 is 24.4 Å². The number of ether oxygens (including phenoxy) is 3. The van der Waals surface area contributed by atoms with Crippen LogP contribution in [0.5, 0.6) is 17.2 Å². The van der Waals surface area contributed by atoms with Gasteiger partial charge in [0.25, 0.3) is 0 Å². The Morgan fingerprint density at radius 2 is 1.65 bits per heavy atom. The first kappa shape index (κ1) is 13.6. The van der Waals surface area contributed by atoms with Crippen molar-refractivity contribution in [3.63, 3.8) is 0 Å². The average molecular weight is 242 g/mol. The Hall–Kier alpha value is -1.46. The van der Waals surface area contributed by atoms with Crippen LogP contribution in [0.4, 0.5) is 0 Å². The summed E-state index contributed by atoms with van der Waals surface area (Å²) in [7, 11) is 3.05. The van der Waals surface area contributed by atoms with Crippen LogP contribution < -0.4 is 14.2 Å². The standard InChI is InChI=1S/C12H18O5/c1-15-10-6-9(8-14)7-11(16-2)12(10)17-5-3-4-13/h6-7,13-14H,3-5,8H2,1-2H3. The van der Waals surface area contributed by atoms with Gasteiger partial charge in [0.1, 0.15) is 0 Å². The van der Waals surface area contributed by atoms with E-state index in [1.165, 1.54) is 14.2 Å². The summed E-state index contributed by atoms with van der Waals surface area (Å²) in [5, 5.41) is 17.8. The minimum absolute atomic E-state index is 0.0688. The molecule has 0 amide bonds. The van der Waals surface area contributed by atoms with Crippen LogP contribution in [0, 0.1) is 0 Å². The smallest absolute Gasteiger partial charge is 0.203 e. The van der Waals surface area contributed by atoms with Gasteiger partial charge in [0, 0.05) is 13.0 Å². The summed E-state index contributed by atoms with van der Waals surface area (Å²) in [6.07, 6.45) is 0.536. The molecule has 1 rings (SSSR count). The van der Waals surface area contributed by atoms with Crippen LogP contribution in [0.1, 0.15) is 12.0 Å². The second kappa shape index (κ2) is 6.98. The zero-order valence-corrected chi connectivity index (χ0v) is 10.1. The quantitative estimate of drug-likeness (QED) is 0.697.